The summed E-state index contributed by atoms with van der Waals surface area (Å²) in [7, 11) is 0. The summed E-state index contributed by atoms with van der Waals surface area (Å²) < 4.78 is 5.34. The third-order valence-corrected chi connectivity index (χ3v) is 5.80. The zero-order valence-electron chi connectivity index (χ0n) is 12.9. The van der Waals surface area contributed by atoms with Crippen molar-refractivity contribution in [1.82, 2.24) is 5.32 Å². The third kappa shape index (κ3) is 3.70. The molecule has 1 saturated heterocycles. The highest BCUT2D eigenvalue weighted by molar-refractivity contribution is 8.00. The number of fused-ring (bicyclic) bond motifs is 1. The van der Waals surface area contributed by atoms with Gasteiger partial charge in [0.05, 0.1) is 12.0 Å². The molecule has 23 heavy (non-hydrogen) atoms. The van der Waals surface area contributed by atoms with Gasteiger partial charge in [-0.2, -0.15) is 0 Å². The van der Waals surface area contributed by atoms with E-state index in [2.05, 4.69) is 11.4 Å². The summed E-state index contributed by atoms with van der Waals surface area (Å²) in [4.78, 5) is 24.1. The molecule has 0 aliphatic carbocycles. The van der Waals surface area contributed by atoms with Crippen molar-refractivity contribution in [3.63, 3.8) is 0 Å². The Balaban J connectivity index is 1.78. The molecule has 0 saturated carbocycles. The van der Waals surface area contributed by atoms with Crippen LogP contribution in [0.2, 0.25) is 0 Å². The SMILES string of the molecule is O=C(O)CC1(NC(=O)C2SCCc3ccccc32)CCOCC1. The van der Waals surface area contributed by atoms with Gasteiger partial charge in [-0.25, -0.2) is 0 Å². The monoisotopic (exact) mass is 335 g/mol. The molecule has 5 nitrogen and oxygen atoms in total. The maximum Gasteiger partial charge on any atom is 0.305 e. The lowest BCUT2D eigenvalue weighted by molar-refractivity contribution is -0.140. The molecule has 1 unspecified atom stereocenters. The molecule has 1 aromatic rings. The van der Waals surface area contributed by atoms with Gasteiger partial charge in [0.25, 0.3) is 0 Å². The van der Waals surface area contributed by atoms with Gasteiger partial charge in [0.15, 0.2) is 0 Å². The number of ether oxygens (including phenoxy) is 1. The van der Waals surface area contributed by atoms with Crippen molar-refractivity contribution in [2.24, 2.45) is 0 Å². The standard InChI is InChI=1S/C17H21NO4S/c19-14(20)11-17(6-8-22-9-7-17)18-16(21)15-13-4-2-1-3-12(13)5-10-23-15/h1-4,15H,5-11H2,(H,18,21)(H,19,20). The maximum absolute atomic E-state index is 12.9. The van der Waals surface area contributed by atoms with Crippen LogP contribution in [0.1, 0.15) is 35.6 Å². The van der Waals surface area contributed by atoms with Crippen LogP contribution in [0, 0.1) is 0 Å². The van der Waals surface area contributed by atoms with E-state index in [0.29, 0.717) is 26.1 Å². The van der Waals surface area contributed by atoms with Crippen LogP contribution in [0.5, 0.6) is 0 Å². The quantitative estimate of drug-likeness (QED) is 0.882. The van der Waals surface area contributed by atoms with Crippen LogP contribution < -0.4 is 5.32 Å². The lowest BCUT2D eigenvalue weighted by Gasteiger charge is -2.38. The molecule has 2 heterocycles. The maximum atomic E-state index is 12.9. The summed E-state index contributed by atoms with van der Waals surface area (Å²) in [6, 6.07) is 8.01. The Hall–Kier alpha value is -1.53. The van der Waals surface area contributed by atoms with Gasteiger partial charge in [0.1, 0.15) is 5.25 Å². The van der Waals surface area contributed by atoms with Crippen LogP contribution >= 0.6 is 11.8 Å². The molecule has 6 heteroatoms. The van der Waals surface area contributed by atoms with Crippen LogP contribution in [0.4, 0.5) is 0 Å². The van der Waals surface area contributed by atoms with E-state index >= 15 is 0 Å². The summed E-state index contributed by atoms with van der Waals surface area (Å²) in [6.07, 6.45) is 2.01. The van der Waals surface area contributed by atoms with Crippen molar-refractivity contribution in [3.8, 4) is 0 Å². The van der Waals surface area contributed by atoms with E-state index in [0.717, 1.165) is 17.7 Å². The van der Waals surface area contributed by atoms with E-state index in [9.17, 15) is 14.7 Å². The predicted molar refractivity (Wildman–Crippen MR) is 88.5 cm³/mol. The lowest BCUT2D eigenvalue weighted by Crippen LogP contribution is -2.54. The molecular formula is C17H21NO4S. The summed E-state index contributed by atoms with van der Waals surface area (Å²) in [6.45, 7) is 0.976. The molecule has 2 N–H and O–H groups in total. The molecular weight excluding hydrogens is 314 g/mol. The molecule has 124 valence electrons. The molecule has 0 bridgehead atoms. The Bertz CT molecular complexity index is 598. The first kappa shape index (κ1) is 16.3. The molecule has 3 rings (SSSR count). The fourth-order valence-corrected chi connectivity index (χ4v) is 4.53. The van der Waals surface area contributed by atoms with E-state index in [1.54, 1.807) is 11.8 Å². The molecule has 0 aromatic heterocycles. The van der Waals surface area contributed by atoms with Crippen LogP contribution in [0.25, 0.3) is 0 Å². The minimum Gasteiger partial charge on any atom is -0.481 e. The molecule has 1 aromatic carbocycles. The number of thioether (sulfide) groups is 1. The Kier molecular flexibility index (Phi) is 4.92. The molecule has 2 aliphatic heterocycles. The average Bonchev–Trinajstić information content (AvgIpc) is 2.54. The molecule has 0 radical (unpaired) electrons. The van der Waals surface area contributed by atoms with Crippen molar-refractivity contribution in [3.05, 3.63) is 35.4 Å². The highest BCUT2D eigenvalue weighted by Crippen LogP contribution is 2.38. The van der Waals surface area contributed by atoms with Gasteiger partial charge < -0.3 is 15.2 Å². The first-order chi connectivity index (χ1) is 11.1. The smallest absolute Gasteiger partial charge is 0.305 e. The van der Waals surface area contributed by atoms with Crippen LogP contribution in [-0.2, 0) is 20.7 Å². The van der Waals surface area contributed by atoms with E-state index in [4.69, 9.17) is 4.74 Å². The molecule has 1 atom stereocenters. The number of carbonyl (C=O) groups excluding carboxylic acids is 1. The second kappa shape index (κ2) is 6.93. The van der Waals surface area contributed by atoms with Gasteiger partial charge >= 0.3 is 5.97 Å². The number of hydrogen-bond donors (Lipinski definition) is 2. The minimum atomic E-state index is -0.885. The average molecular weight is 335 g/mol. The first-order valence-corrected chi connectivity index (χ1v) is 8.95. The number of carbonyl (C=O) groups is 2. The Morgan fingerprint density at radius 2 is 2.04 bits per heavy atom. The predicted octanol–water partition coefficient (Wildman–Crippen LogP) is 2.16. The molecule has 2 aliphatic rings. The molecule has 1 fully saturated rings. The highest BCUT2D eigenvalue weighted by atomic mass is 32.2. The summed E-state index contributed by atoms with van der Waals surface area (Å²) in [5.74, 6) is -0.0568. The number of carboxylic acids is 1. The molecule has 0 spiro atoms. The van der Waals surface area contributed by atoms with Crippen molar-refractivity contribution in [1.29, 1.82) is 0 Å². The number of nitrogens with one attached hydrogen (secondary N) is 1. The van der Waals surface area contributed by atoms with Crippen LogP contribution in [0.15, 0.2) is 24.3 Å². The fourth-order valence-electron chi connectivity index (χ4n) is 3.34. The molecule has 1 amide bonds. The Labute approximate surface area is 139 Å². The van der Waals surface area contributed by atoms with Crippen molar-refractivity contribution in [2.75, 3.05) is 19.0 Å². The van der Waals surface area contributed by atoms with Gasteiger partial charge in [0.2, 0.25) is 5.91 Å². The van der Waals surface area contributed by atoms with Gasteiger partial charge in [-0.05, 0) is 36.1 Å². The van der Waals surface area contributed by atoms with E-state index in [1.807, 2.05) is 18.2 Å². The number of carboxylic acid groups (broad SMARTS) is 1. The number of hydrogen-bond acceptors (Lipinski definition) is 4. The van der Waals surface area contributed by atoms with Gasteiger partial charge in [0, 0.05) is 13.2 Å². The zero-order chi connectivity index (χ0) is 16.3. The fraction of sp³-hybridized carbons (Fsp3) is 0.529. The number of rotatable bonds is 4. The summed E-state index contributed by atoms with van der Waals surface area (Å²) in [5, 5.41) is 12.0. The van der Waals surface area contributed by atoms with Gasteiger partial charge in [-0.1, -0.05) is 24.3 Å². The van der Waals surface area contributed by atoms with Crippen LogP contribution in [0.3, 0.4) is 0 Å². The van der Waals surface area contributed by atoms with Crippen molar-refractivity contribution < 1.29 is 19.4 Å². The highest BCUT2D eigenvalue weighted by Gasteiger charge is 2.39. The number of aryl methyl sites for hydroxylation is 1. The third-order valence-electron chi connectivity index (χ3n) is 4.56. The van der Waals surface area contributed by atoms with Gasteiger partial charge in [-0.3, -0.25) is 9.59 Å². The van der Waals surface area contributed by atoms with Crippen molar-refractivity contribution in [2.45, 2.75) is 36.5 Å². The van der Waals surface area contributed by atoms with Crippen molar-refractivity contribution >= 4 is 23.6 Å². The topological polar surface area (TPSA) is 75.6 Å². The minimum absolute atomic E-state index is 0.0544. The second-order valence-electron chi connectivity index (χ2n) is 6.15. The van der Waals surface area contributed by atoms with E-state index < -0.39 is 11.5 Å². The number of benzene rings is 1. The first-order valence-electron chi connectivity index (χ1n) is 7.91. The normalized spacial score (nSPS) is 22.9. The number of aliphatic carboxylic acids is 1. The van der Waals surface area contributed by atoms with E-state index in [-0.39, 0.29) is 17.6 Å². The largest absolute Gasteiger partial charge is 0.481 e. The Morgan fingerprint density at radius 1 is 1.30 bits per heavy atom. The van der Waals surface area contributed by atoms with Gasteiger partial charge in [-0.15, -0.1) is 11.8 Å². The lowest BCUT2D eigenvalue weighted by atomic mass is 9.86. The van der Waals surface area contributed by atoms with Crippen LogP contribution in [-0.4, -0.2) is 41.5 Å². The summed E-state index contributed by atoms with van der Waals surface area (Å²) >= 11 is 1.63. The van der Waals surface area contributed by atoms with E-state index in [1.165, 1.54) is 5.56 Å². The second-order valence-corrected chi connectivity index (χ2v) is 7.37. The summed E-state index contributed by atoms with van der Waals surface area (Å²) in [5.41, 5.74) is 1.58. The zero-order valence-corrected chi connectivity index (χ0v) is 13.7. The Morgan fingerprint density at radius 3 is 2.78 bits per heavy atom. The number of amides is 1.